The van der Waals surface area contributed by atoms with Gasteiger partial charge in [-0.25, -0.2) is 9.78 Å². The highest BCUT2D eigenvalue weighted by Gasteiger charge is 2.16. The first kappa shape index (κ1) is 9.48. The zero-order chi connectivity index (χ0) is 10.1. The number of aromatic carboxylic acids is 1. The van der Waals surface area contributed by atoms with E-state index in [2.05, 4.69) is 15.8 Å². The monoisotopic (exact) mass is 227 g/mol. The van der Waals surface area contributed by atoms with E-state index in [-0.39, 0.29) is 0 Å². The molecule has 1 aliphatic rings. The molecule has 0 unspecified atom stereocenters. The summed E-state index contributed by atoms with van der Waals surface area (Å²) in [4.78, 5) is 15.4. The Morgan fingerprint density at radius 2 is 2.14 bits per heavy atom. The predicted molar refractivity (Wildman–Crippen MR) is 59.3 cm³/mol. The van der Waals surface area contributed by atoms with Gasteiger partial charge in [-0.2, -0.15) is 10.9 Å². The minimum absolute atomic E-state index is 0.358. The molecule has 1 aliphatic heterocycles. The lowest BCUT2D eigenvalue weighted by atomic mass is 10.4. The Morgan fingerprint density at radius 1 is 1.50 bits per heavy atom. The van der Waals surface area contributed by atoms with Crippen LogP contribution in [0.4, 0.5) is 0 Å². The van der Waals surface area contributed by atoms with E-state index in [9.17, 15) is 4.79 Å². The number of thiol groups is 1. The summed E-state index contributed by atoms with van der Waals surface area (Å²) in [6.07, 6.45) is 3.95. The van der Waals surface area contributed by atoms with E-state index in [0.717, 1.165) is 4.34 Å². The van der Waals surface area contributed by atoms with Crippen molar-refractivity contribution in [3.63, 3.8) is 0 Å². The summed E-state index contributed by atoms with van der Waals surface area (Å²) in [6.45, 7) is 1.74. The molecule has 0 aromatic carbocycles. The second-order valence-corrected chi connectivity index (χ2v) is 5.94. The summed E-state index contributed by atoms with van der Waals surface area (Å²) in [7, 11) is -0.477. The lowest BCUT2D eigenvalue weighted by Gasteiger charge is -2.02. The van der Waals surface area contributed by atoms with Crippen molar-refractivity contribution < 1.29 is 9.90 Å². The number of rotatable bonds is 2. The average Bonchev–Trinajstić information content (AvgIpc) is 2.70. The van der Waals surface area contributed by atoms with Crippen molar-refractivity contribution >= 4 is 28.2 Å². The van der Waals surface area contributed by atoms with Crippen LogP contribution in [-0.2, 0) is 0 Å². The molecule has 0 atom stereocenters. The van der Waals surface area contributed by atoms with Gasteiger partial charge in [0.05, 0.1) is 5.69 Å². The number of aromatic nitrogens is 1. The average molecular weight is 227 g/mol. The van der Waals surface area contributed by atoms with Crippen molar-refractivity contribution in [3.8, 4) is 0 Å². The summed E-state index contributed by atoms with van der Waals surface area (Å²) < 4.78 is 0.917. The number of nitrogens with zero attached hydrogens (tertiary/aromatic N) is 1. The zero-order valence-corrected chi connectivity index (χ0v) is 9.18. The maximum absolute atomic E-state index is 10.8. The Bertz CT molecular complexity index is 422. The van der Waals surface area contributed by atoms with E-state index >= 15 is 0 Å². The van der Waals surface area contributed by atoms with Gasteiger partial charge < -0.3 is 5.11 Å². The molecule has 14 heavy (non-hydrogen) atoms. The van der Waals surface area contributed by atoms with Crippen LogP contribution in [0.3, 0.4) is 0 Å². The molecule has 0 amide bonds. The largest absolute Gasteiger partial charge is 0.477 e. The van der Waals surface area contributed by atoms with Gasteiger partial charge in [0.15, 0.2) is 0 Å². The number of hydrogen-bond donors (Lipinski definition) is 2. The van der Waals surface area contributed by atoms with E-state index in [1.54, 1.807) is 6.92 Å². The van der Waals surface area contributed by atoms with Gasteiger partial charge in [0.1, 0.15) is 9.22 Å². The minimum atomic E-state index is -0.881. The lowest BCUT2D eigenvalue weighted by molar-refractivity contribution is 0.0701. The second kappa shape index (κ2) is 3.59. The number of carboxylic acids is 1. The summed E-state index contributed by atoms with van der Waals surface area (Å²) >= 11 is 1.28. The van der Waals surface area contributed by atoms with Crippen LogP contribution in [-0.4, -0.2) is 16.1 Å². The van der Waals surface area contributed by atoms with Gasteiger partial charge in [-0.3, -0.25) is 0 Å². The van der Waals surface area contributed by atoms with Gasteiger partial charge in [-0.05, 0) is 17.7 Å². The van der Waals surface area contributed by atoms with Gasteiger partial charge in [0, 0.05) is 0 Å². The Kier molecular flexibility index (Phi) is 2.43. The van der Waals surface area contributed by atoms with Gasteiger partial charge in [-0.15, -0.1) is 11.3 Å². The maximum atomic E-state index is 10.8. The lowest BCUT2D eigenvalue weighted by Crippen LogP contribution is -1.94. The topological polar surface area (TPSA) is 50.2 Å². The van der Waals surface area contributed by atoms with Crippen LogP contribution in [0.5, 0.6) is 0 Å². The number of allylic oxidation sites excluding steroid dienone is 2. The Labute approximate surface area is 88.1 Å². The van der Waals surface area contributed by atoms with Gasteiger partial charge in [0.2, 0.25) is 0 Å². The number of thiazole rings is 1. The zero-order valence-electron chi connectivity index (χ0n) is 7.47. The first-order valence-corrected chi connectivity index (χ1v) is 6.32. The predicted octanol–water partition coefficient (Wildman–Crippen LogP) is 2.55. The third-order valence-electron chi connectivity index (χ3n) is 1.80. The summed E-state index contributed by atoms with van der Waals surface area (Å²) in [5, 5.41) is 13.0. The van der Waals surface area contributed by atoms with Crippen molar-refractivity contribution in [1.82, 2.24) is 4.98 Å². The quantitative estimate of drug-likeness (QED) is 0.763. The van der Waals surface area contributed by atoms with E-state index < -0.39 is 16.9 Å². The molecule has 1 aromatic rings. The van der Waals surface area contributed by atoms with Crippen LogP contribution in [0.1, 0.15) is 15.4 Å². The normalized spacial score (nSPS) is 16.5. The Balaban J connectivity index is 2.37. The van der Waals surface area contributed by atoms with Crippen LogP contribution in [0.2, 0.25) is 0 Å². The molecule has 0 saturated carbocycles. The molecule has 0 spiro atoms. The molecule has 5 heteroatoms. The fourth-order valence-corrected chi connectivity index (χ4v) is 4.05. The van der Waals surface area contributed by atoms with E-state index in [1.165, 1.54) is 11.3 Å². The highest BCUT2D eigenvalue weighted by molar-refractivity contribution is 8.23. The molecule has 1 aromatic heterocycles. The second-order valence-electron chi connectivity index (χ2n) is 2.81. The van der Waals surface area contributed by atoms with Crippen LogP contribution < -0.4 is 0 Å². The van der Waals surface area contributed by atoms with E-state index in [0.29, 0.717) is 10.6 Å². The number of carboxylic acid groups (broad SMARTS) is 1. The molecule has 3 nitrogen and oxygen atoms in total. The first-order valence-electron chi connectivity index (χ1n) is 4.02. The maximum Gasteiger partial charge on any atom is 0.347 e. The molecule has 74 valence electrons. The Hall–Kier alpha value is -1.07. The van der Waals surface area contributed by atoms with Crippen LogP contribution in [0, 0.1) is 6.92 Å². The molecular weight excluding hydrogens is 218 g/mol. The van der Waals surface area contributed by atoms with Crippen molar-refractivity contribution in [1.29, 1.82) is 0 Å². The SMILES string of the molecule is Cc1nc([SH]2C=CC=C2)sc1C(=O)O. The van der Waals surface area contributed by atoms with Crippen molar-refractivity contribution in [2.24, 2.45) is 0 Å². The van der Waals surface area contributed by atoms with Gasteiger partial charge in [-0.1, -0.05) is 12.2 Å². The molecule has 2 heterocycles. The third kappa shape index (κ3) is 1.60. The Morgan fingerprint density at radius 3 is 2.64 bits per heavy atom. The molecular formula is C9H9NO2S2. The fourth-order valence-electron chi connectivity index (χ4n) is 1.15. The highest BCUT2D eigenvalue weighted by Crippen LogP contribution is 2.44. The van der Waals surface area contributed by atoms with Gasteiger partial charge >= 0.3 is 5.97 Å². The molecule has 0 saturated heterocycles. The van der Waals surface area contributed by atoms with Crippen molar-refractivity contribution in [2.75, 3.05) is 0 Å². The number of aryl methyl sites for hydroxylation is 1. The van der Waals surface area contributed by atoms with Crippen LogP contribution >= 0.6 is 22.2 Å². The van der Waals surface area contributed by atoms with E-state index in [4.69, 9.17) is 5.11 Å². The van der Waals surface area contributed by atoms with Crippen LogP contribution in [0.25, 0.3) is 0 Å². The molecule has 0 fully saturated rings. The highest BCUT2D eigenvalue weighted by atomic mass is 32.2. The molecule has 2 rings (SSSR count). The molecule has 0 aliphatic carbocycles. The number of carbonyl (C=O) groups is 1. The standard InChI is InChI=1S/C9H9NO2S2/c1-6-7(8(11)12)13-9(10-6)14-4-2-3-5-14/h2-5,14H,1H3,(H,11,12). The number of hydrogen-bond acceptors (Lipinski definition) is 3. The third-order valence-corrected chi connectivity index (χ3v) is 5.19. The van der Waals surface area contributed by atoms with Crippen LogP contribution in [0.15, 0.2) is 27.3 Å². The molecule has 0 bridgehead atoms. The minimum Gasteiger partial charge on any atom is -0.477 e. The van der Waals surface area contributed by atoms with Gasteiger partial charge in [0.25, 0.3) is 0 Å². The summed E-state index contributed by atoms with van der Waals surface area (Å²) in [6, 6.07) is 0. The fraction of sp³-hybridized carbons (Fsp3) is 0.111. The van der Waals surface area contributed by atoms with E-state index in [1.807, 2.05) is 12.2 Å². The van der Waals surface area contributed by atoms with Crippen molar-refractivity contribution in [2.45, 2.75) is 11.3 Å². The smallest absolute Gasteiger partial charge is 0.347 e. The first-order chi connectivity index (χ1) is 6.68. The molecule has 1 N–H and O–H groups in total. The summed E-state index contributed by atoms with van der Waals surface area (Å²) in [5.74, 6) is -0.881. The summed E-state index contributed by atoms with van der Waals surface area (Å²) in [5.41, 5.74) is 0.619. The van der Waals surface area contributed by atoms with Crippen molar-refractivity contribution in [3.05, 3.63) is 33.5 Å². The molecule has 0 radical (unpaired) electrons.